The molecule has 1 aliphatic rings. The van der Waals surface area contributed by atoms with Gasteiger partial charge in [0.05, 0.1) is 22.7 Å². The van der Waals surface area contributed by atoms with Gasteiger partial charge in [0.15, 0.2) is 11.6 Å². The highest BCUT2D eigenvalue weighted by molar-refractivity contribution is 7.92. The summed E-state index contributed by atoms with van der Waals surface area (Å²) in [6.07, 6.45) is 4.84. The molecule has 192 valence electrons. The zero-order valence-corrected chi connectivity index (χ0v) is 22.4. The highest BCUT2D eigenvalue weighted by Crippen LogP contribution is 2.30. The number of hydrogen-bond donors (Lipinski definition) is 1. The Kier molecular flexibility index (Phi) is 8.56. The summed E-state index contributed by atoms with van der Waals surface area (Å²) in [4.78, 5) is 10.4. The molecule has 8 nitrogen and oxygen atoms in total. The summed E-state index contributed by atoms with van der Waals surface area (Å²) < 4.78 is 40.4. The minimum Gasteiger partial charge on any atom is -0.492 e. The molecule has 3 aromatic rings. The number of rotatable bonds is 9. The van der Waals surface area contributed by atoms with E-state index in [1.807, 2.05) is 12.1 Å². The monoisotopic (exact) mass is 550 g/mol. The fourth-order valence-electron chi connectivity index (χ4n) is 3.91. The molecule has 0 bridgehead atoms. The lowest BCUT2D eigenvalue weighted by molar-refractivity contribution is 0.160. The highest BCUT2D eigenvalue weighted by Gasteiger charge is 2.21. The fraction of sp³-hybridized carbons (Fsp3) is 0.360. The van der Waals surface area contributed by atoms with Gasteiger partial charge in [0.1, 0.15) is 18.7 Å². The van der Waals surface area contributed by atoms with Crippen LogP contribution in [-0.4, -0.2) is 50.0 Å². The smallest absolute Gasteiger partial charge is 0.263 e. The summed E-state index contributed by atoms with van der Waals surface area (Å²) in [6.45, 7) is 4.52. The average molecular weight is 551 g/mol. The van der Waals surface area contributed by atoms with Crippen LogP contribution < -0.4 is 14.2 Å². The Bertz CT molecular complexity index is 1320. The molecule has 36 heavy (non-hydrogen) atoms. The van der Waals surface area contributed by atoms with Crippen LogP contribution in [0.4, 0.5) is 5.82 Å². The van der Waals surface area contributed by atoms with E-state index in [-0.39, 0.29) is 23.1 Å². The molecular formula is C25H28Cl2N4O4S. The Hall–Kier alpha value is -2.59. The number of likely N-dealkylation sites (tertiary alicyclic amines) is 1. The molecule has 0 unspecified atom stereocenters. The maximum absolute atomic E-state index is 13.0. The molecule has 0 aliphatic carbocycles. The standard InChI is InChI=1S/C25H28Cl2N4O4S/c1-17-20(26)4-3-5-24(17)36(32,33)30-25-23(13-28-16-29-25)35-15-19-6-7-21(27)22(12-19)34-14-18-8-10-31(2)11-9-18/h3-7,12-13,16,18H,8-11,14-15H2,1-2H3,(H,28,29,30). The lowest BCUT2D eigenvalue weighted by atomic mass is 9.98. The van der Waals surface area contributed by atoms with Crippen LogP contribution in [0.5, 0.6) is 11.5 Å². The van der Waals surface area contributed by atoms with Crippen molar-refractivity contribution in [2.45, 2.75) is 31.3 Å². The van der Waals surface area contributed by atoms with Gasteiger partial charge in [-0.05, 0) is 81.2 Å². The number of hydrogen-bond acceptors (Lipinski definition) is 7. The van der Waals surface area contributed by atoms with Crippen molar-refractivity contribution in [3.63, 3.8) is 0 Å². The van der Waals surface area contributed by atoms with Gasteiger partial charge in [0.2, 0.25) is 0 Å². The molecule has 0 spiro atoms. The second-order valence-corrected chi connectivity index (χ2v) is 11.3. The van der Waals surface area contributed by atoms with Crippen molar-refractivity contribution in [2.24, 2.45) is 5.92 Å². The molecule has 1 saturated heterocycles. The minimum atomic E-state index is -3.95. The Morgan fingerprint density at radius 3 is 2.64 bits per heavy atom. The van der Waals surface area contributed by atoms with Crippen LogP contribution in [-0.2, 0) is 16.6 Å². The summed E-state index contributed by atoms with van der Waals surface area (Å²) in [5.74, 6) is 1.30. The SMILES string of the molecule is Cc1c(Cl)cccc1S(=O)(=O)Nc1ncncc1OCc1ccc(Cl)c(OCC2CCN(C)CC2)c1. The van der Waals surface area contributed by atoms with E-state index in [9.17, 15) is 8.42 Å². The van der Waals surface area contributed by atoms with Gasteiger partial charge >= 0.3 is 0 Å². The van der Waals surface area contributed by atoms with Crippen molar-refractivity contribution in [3.05, 3.63) is 70.1 Å². The average Bonchev–Trinajstić information content (AvgIpc) is 2.86. The number of sulfonamides is 1. The maximum atomic E-state index is 13.0. The molecule has 1 N–H and O–H groups in total. The second-order valence-electron chi connectivity index (χ2n) is 8.82. The van der Waals surface area contributed by atoms with Gasteiger partial charge in [-0.2, -0.15) is 0 Å². The third-order valence-corrected chi connectivity index (χ3v) is 8.32. The third kappa shape index (κ3) is 6.59. The van der Waals surface area contributed by atoms with Gasteiger partial charge < -0.3 is 14.4 Å². The molecule has 0 radical (unpaired) electrons. The van der Waals surface area contributed by atoms with Crippen LogP contribution in [0, 0.1) is 12.8 Å². The number of halogens is 2. The summed E-state index contributed by atoms with van der Waals surface area (Å²) in [5.41, 5.74) is 1.25. The predicted molar refractivity (Wildman–Crippen MR) is 141 cm³/mol. The van der Waals surface area contributed by atoms with Crippen molar-refractivity contribution in [1.29, 1.82) is 0 Å². The molecule has 11 heteroatoms. The molecule has 1 aliphatic heterocycles. The van der Waals surface area contributed by atoms with E-state index in [0.717, 1.165) is 31.5 Å². The van der Waals surface area contributed by atoms with Crippen molar-refractivity contribution in [2.75, 3.05) is 31.5 Å². The summed E-state index contributed by atoms with van der Waals surface area (Å²) in [7, 11) is -1.82. The molecule has 0 saturated carbocycles. The Morgan fingerprint density at radius 2 is 1.86 bits per heavy atom. The van der Waals surface area contributed by atoms with Crippen LogP contribution in [0.2, 0.25) is 10.0 Å². The van der Waals surface area contributed by atoms with Crippen molar-refractivity contribution in [1.82, 2.24) is 14.9 Å². The second kappa shape index (κ2) is 11.6. The van der Waals surface area contributed by atoms with E-state index in [0.29, 0.717) is 33.9 Å². The van der Waals surface area contributed by atoms with E-state index in [2.05, 4.69) is 26.6 Å². The number of benzene rings is 2. The van der Waals surface area contributed by atoms with E-state index < -0.39 is 10.0 Å². The van der Waals surface area contributed by atoms with E-state index >= 15 is 0 Å². The Morgan fingerprint density at radius 1 is 1.08 bits per heavy atom. The molecule has 0 amide bonds. The van der Waals surface area contributed by atoms with Gasteiger partial charge in [-0.1, -0.05) is 35.3 Å². The van der Waals surface area contributed by atoms with E-state index in [1.165, 1.54) is 18.6 Å². The minimum absolute atomic E-state index is 0.0251. The fourth-order valence-corrected chi connectivity index (χ4v) is 5.60. The molecule has 4 rings (SSSR count). The van der Waals surface area contributed by atoms with Crippen LogP contribution in [0.3, 0.4) is 0 Å². The zero-order chi connectivity index (χ0) is 25.7. The van der Waals surface area contributed by atoms with Crippen LogP contribution in [0.25, 0.3) is 0 Å². The van der Waals surface area contributed by atoms with E-state index in [4.69, 9.17) is 32.7 Å². The van der Waals surface area contributed by atoms with Crippen molar-refractivity contribution < 1.29 is 17.9 Å². The quantitative estimate of drug-likeness (QED) is 0.391. The number of piperidine rings is 1. The van der Waals surface area contributed by atoms with Gasteiger partial charge in [0, 0.05) is 5.02 Å². The normalized spacial score (nSPS) is 15.0. The first-order valence-electron chi connectivity index (χ1n) is 11.5. The first kappa shape index (κ1) is 26.5. The lowest BCUT2D eigenvalue weighted by Crippen LogP contribution is -2.32. The van der Waals surface area contributed by atoms with Gasteiger partial charge in [-0.25, -0.2) is 18.4 Å². The number of anilines is 1. The summed E-state index contributed by atoms with van der Waals surface area (Å²) in [5, 5.41) is 0.883. The number of aromatic nitrogens is 2. The zero-order valence-electron chi connectivity index (χ0n) is 20.1. The molecule has 1 fully saturated rings. The first-order chi connectivity index (χ1) is 17.2. The topological polar surface area (TPSA) is 93.7 Å². The molecule has 2 heterocycles. The van der Waals surface area contributed by atoms with Gasteiger partial charge in [-0.15, -0.1) is 0 Å². The van der Waals surface area contributed by atoms with Crippen molar-refractivity contribution >= 4 is 39.0 Å². The largest absolute Gasteiger partial charge is 0.492 e. The maximum Gasteiger partial charge on any atom is 0.263 e. The van der Waals surface area contributed by atoms with E-state index in [1.54, 1.807) is 25.1 Å². The Balaban J connectivity index is 1.43. The third-order valence-electron chi connectivity index (χ3n) is 6.12. The van der Waals surface area contributed by atoms with Crippen LogP contribution in [0.1, 0.15) is 24.0 Å². The molecule has 0 atom stereocenters. The predicted octanol–water partition coefficient (Wildman–Crippen LogP) is 5.19. The summed E-state index contributed by atoms with van der Waals surface area (Å²) in [6, 6.07) is 10.1. The van der Waals surface area contributed by atoms with Gasteiger partial charge in [-0.3, -0.25) is 4.72 Å². The van der Waals surface area contributed by atoms with Crippen LogP contribution >= 0.6 is 23.2 Å². The summed E-state index contributed by atoms with van der Waals surface area (Å²) >= 11 is 12.5. The Labute approximate surface area is 221 Å². The molecular weight excluding hydrogens is 523 g/mol. The van der Waals surface area contributed by atoms with Gasteiger partial charge in [0.25, 0.3) is 10.0 Å². The number of nitrogens with zero attached hydrogens (tertiary/aromatic N) is 3. The number of ether oxygens (including phenoxy) is 2. The number of nitrogens with one attached hydrogen (secondary N) is 1. The first-order valence-corrected chi connectivity index (χ1v) is 13.8. The highest BCUT2D eigenvalue weighted by atomic mass is 35.5. The molecule has 1 aromatic heterocycles. The van der Waals surface area contributed by atoms with Crippen molar-refractivity contribution in [3.8, 4) is 11.5 Å². The molecule has 2 aromatic carbocycles. The van der Waals surface area contributed by atoms with Crippen LogP contribution in [0.15, 0.2) is 53.8 Å². The lowest BCUT2D eigenvalue weighted by Gasteiger charge is -2.28.